The van der Waals surface area contributed by atoms with Crippen LogP contribution in [0.3, 0.4) is 0 Å². The summed E-state index contributed by atoms with van der Waals surface area (Å²) in [6, 6.07) is 3.58. The van der Waals surface area contributed by atoms with Crippen LogP contribution in [0.25, 0.3) is 0 Å². The van der Waals surface area contributed by atoms with Crippen molar-refractivity contribution in [1.29, 1.82) is 0 Å². The average Bonchev–Trinajstić information content (AvgIpc) is 3.00. The number of allylic oxidation sites excluding steroid dienone is 3. The largest absolute Gasteiger partial charge is 0.325 e. The Labute approximate surface area is 133 Å². The third-order valence-electron chi connectivity index (χ3n) is 3.65. The molecule has 0 spiro atoms. The van der Waals surface area contributed by atoms with Crippen LogP contribution < -0.4 is 5.32 Å². The van der Waals surface area contributed by atoms with Crippen LogP contribution in [0.2, 0.25) is 0 Å². The fraction of sp³-hybridized carbons (Fsp3) is 0.235. The molecule has 1 unspecified atom stereocenters. The molecular weight excluding hydrogens is 296 g/mol. The molecule has 5 heteroatoms. The quantitative estimate of drug-likeness (QED) is 0.912. The number of hydrogen-bond acceptors (Lipinski definition) is 3. The highest BCUT2D eigenvalue weighted by molar-refractivity contribution is 7.12. The van der Waals surface area contributed by atoms with Crippen LogP contribution >= 0.6 is 11.3 Å². The van der Waals surface area contributed by atoms with Gasteiger partial charge in [-0.25, -0.2) is 4.99 Å². The third kappa shape index (κ3) is 2.85. The van der Waals surface area contributed by atoms with E-state index in [1.165, 1.54) is 11.3 Å². The second kappa shape index (κ2) is 5.85. The summed E-state index contributed by atoms with van der Waals surface area (Å²) in [7, 11) is 0. The van der Waals surface area contributed by atoms with E-state index < -0.39 is 0 Å². The van der Waals surface area contributed by atoms with Crippen LogP contribution in [0.15, 0.2) is 58.1 Å². The van der Waals surface area contributed by atoms with Gasteiger partial charge in [-0.1, -0.05) is 26.0 Å². The summed E-state index contributed by atoms with van der Waals surface area (Å²) in [6.45, 7) is 4.14. The fourth-order valence-electron chi connectivity index (χ4n) is 2.59. The predicted octanol–water partition coefficient (Wildman–Crippen LogP) is 3.11. The van der Waals surface area contributed by atoms with E-state index in [4.69, 9.17) is 0 Å². The number of hydrogen-bond donors (Lipinski definition) is 1. The average molecular weight is 312 g/mol. The minimum Gasteiger partial charge on any atom is -0.325 e. The van der Waals surface area contributed by atoms with Crippen molar-refractivity contribution < 1.29 is 9.59 Å². The highest BCUT2D eigenvalue weighted by Crippen LogP contribution is 2.31. The Bertz CT molecular complexity index is 737. The number of fused-ring (bicyclic) bond motifs is 1. The smallest absolute Gasteiger partial charge is 0.287 e. The molecule has 1 aliphatic carbocycles. The second-order valence-corrected chi connectivity index (χ2v) is 6.49. The molecule has 0 radical (unpaired) electrons. The molecule has 0 aromatic carbocycles. The second-order valence-electron chi connectivity index (χ2n) is 5.54. The van der Waals surface area contributed by atoms with Crippen molar-refractivity contribution in [3.05, 3.63) is 58.0 Å². The maximum absolute atomic E-state index is 12.0. The first kappa shape index (κ1) is 14.7. The molecule has 22 heavy (non-hydrogen) atoms. The van der Waals surface area contributed by atoms with Crippen LogP contribution in [0.5, 0.6) is 0 Å². The van der Waals surface area contributed by atoms with Crippen LogP contribution in [0, 0.1) is 11.8 Å². The summed E-state index contributed by atoms with van der Waals surface area (Å²) in [5.74, 6) is -0.0269. The van der Waals surface area contributed by atoms with Gasteiger partial charge < -0.3 is 5.32 Å². The number of aliphatic imine (C=N–C) groups is 1. The van der Waals surface area contributed by atoms with Crippen molar-refractivity contribution in [2.75, 3.05) is 0 Å². The lowest BCUT2D eigenvalue weighted by Gasteiger charge is -2.29. The lowest BCUT2D eigenvalue weighted by molar-refractivity contribution is -0.116. The van der Waals surface area contributed by atoms with Gasteiger partial charge >= 0.3 is 0 Å². The van der Waals surface area contributed by atoms with Gasteiger partial charge in [0.15, 0.2) is 0 Å². The summed E-state index contributed by atoms with van der Waals surface area (Å²) in [4.78, 5) is 28.5. The highest BCUT2D eigenvalue weighted by Gasteiger charge is 2.27. The van der Waals surface area contributed by atoms with Crippen LogP contribution in [-0.2, 0) is 4.79 Å². The SMILES string of the molecule is CC(C)C1=CC(=O)NC2=CC(=NC(=O)c3cccs3)C=CC21. The first-order valence-electron chi connectivity index (χ1n) is 7.13. The van der Waals surface area contributed by atoms with E-state index in [-0.39, 0.29) is 23.7 Å². The zero-order valence-electron chi connectivity index (χ0n) is 12.4. The van der Waals surface area contributed by atoms with Crippen molar-refractivity contribution in [1.82, 2.24) is 5.32 Å². The Hall–Kier alpha value is -2.27. The fourth-order valence-corrected chi connectivity index (χ4v) is 3.19. The molecule has 1 aromatic rings. The van der Waals surface area contributed by atoms with Gasteiger partial charge in [0.2, 0.25) is 5.91 Å². The molecule has 1 atom stereocenters. The first-order chi connectivity index (χ1) is 10.5. The first-order valence-corrected chi connectivity index (χ1v) is 8.01. The lowest BCUT2D eigenvalue weighted by atomic mass is 9.82. The molecule has 0 fully saturated rings. The third-order valence-corrected chi connectivity index (χ3v) is 4.51. The van der Waals surface area contributed by atoms with Crippen molar-refractivity contribution in [2.45, 2.75) is 13.8 Å². The monoisotopic (exact) mass is 312 g/mol. The molecule has 0 saturated carbocycles. The van der Waals surface area contributed by atoms with E-state index in [0.29, 0.717) is 10.6 Å². The van der Waals surface area contributed by atoms with E-state index >= 15 is 0 Å². The topological polar surface area (TPSA) is 58.5 Å². The predicted molar refractivity (Wildman–Crippen MR) is 87.9 cm³/mol. The molecule has 0 bridgehead atoms. The van der Waals surface area contributed by atoms with Crippen molar-refractivity contribution in [3.63, 3.8) is 0 Å². The maximum Gasteiger partial charge on any atom is 0.287 e. The number of carbonyl (C=O) groups is 2. The summed E-state index contributed by atoms with van der Waals surface area (Å²) in [5.41, 5.74) is 2.43. The summed E-state index contributed by atoms with van der Waals surface area (Å²) >= 11 is 1.37. The standard InChI is InChI=1S/C17H16N2O2S/c1-10(2)13-9-16(20)19-14-8-11(5-6-12(13)14)18-17(21)15-4-3-7-22-15/h3-10,12H,1-2H3,(H,19,20). The Morgan fingerprint density at radius 1 is 1.36 bits per heavy atom. The number of rotatable bonds is 2. The normalized spacial score (nSPS) is 22.2. The molecular formula is C17H16N2O2S. The number of nitrogens with zero attached hydrogens (tertiary/aromatic N) is 1. The summed E-state index contributed by atoms with van der Waals surface area (Å²) in [5, 5.41) is 4.69. The number of carbonyl (C=O) groups excluding carboxylic acids is 2. The minimum absolute atomic E-state index is 0.0634. The molecule has 1 aromatic heterocycles. The van der Waals surface area contributed by atoms with Crippen LogP contribution in [0.1, 0.15) is 23.5 Å². The molecule has 1 N–H and O–H groups in total. The molecule has 112 valence electrons. The molecule has 2 aliphatic rings. The van der Waals surface area contributed by atoms with Gasteiger partial charge in [0.25, 0.3) is 5.91 Å². The number of amides is 2. The van der Waals surface area contributed by atoms with E-state index in [0.717, 1.165) is 11.3 Å². The maximum atomic E-state index is 12.0. The highest BCUT2D eigenvalue weighted by atomic mass is 32.1. The number of thiophene rings is 1. The summed E-state index contributed by atoms with van der Waals surface area (Å²) in [6.07, 6.45) is 7.27. The van der Waals surface area contributed by atoms with Crippen molar-refractivity contribution >= 4 is 28.9 Å². The van der Waals surface area contributed by atoms with Crippen LogP contribution in [0.4, 0.5) is 0 Å². The van der Waals surface area contributed by atoms with Gasteiger partial charge in [-0.3, -0.25) is 9.59 Å². The Kier molecular flexibility index (Phi) is 3.90. The van der Waals surface area contributed by atoms with Gasteiger partial charge in [0.05, 0.1) is 10.6 Å². The van der Waals surface area contributed by atoms with Gasteiger partial charge in [-0.2, -0.15) is 0 Å². The van der Waals surface area contributed by atoms with E-state index in [2.05, 4.69) is 24.2 Å². The Balaban J connectivity index is 1.89. The van der Waals surface area contributed by atoms with Gasteiger partial charge in [-0.05, 0) is 35.1 Å². The van der Waals surface area contributed by atoms with Crippen molar-refractivity contribution in [3.8, 4) is 0 Å². The molecule has 2 amide bonds. The van der Waals surface area contributed by atoms with Crippen LogP contribution in [-0.4, -0.2) is 17.5 Å². The van der Waals surface area contributed by atoms with Gasteiger partial charge in [-0.15, -0.1) is 11.3 Å². The lowest BCUT2D eigenvalue weighted by Crippen LogP contribution is -2.34. The Morgan fingerprint density at radius 2 is 2.18 bits per heavy atom. The molecule has 1 aliphatic heterocycles. The molecule has 2 heterocycles. The van der Waals surface area contributed by atoms with Gasteiger partial charge in [0, 0.05) is 17.7 Å². The molecule has 3 rings (SSSR count). The number of nitrogens with one attached hydrogen (secondary N) is 1. The molecule has 0 saturated heterocycles. The minimum atomic E-state index is -0.258. The van der Waals surface area contributed by atoms with Gasteiger partial charge in [0.1, 0.15) is 0 Å². The van der Waals surface area contributed by atoms with Crippen molar-refractivity contribution in [2.24, 2.45) is 16.8 Å². The van der Waals surface area contributed by atoms with E-state index in [9.17, 15) is 9.59 Å². The zero-order chi connectivity index (χ0) is 15.7. The zero-order valence-corrected chi connectivity index (χ0v) is 13.2. The van der Waals surface area contributed by atoms with E-state index in [1.807, 2.05) is 23.6 Å². The Morgan fingerprint density at radius 3 is 2.86 bits per heavy atom. The van der Waals surface area contributed by atoms with E-state index in [1.54, 1.807) is 18.2 Å². The summed E-state index contributed by atoms with van der Waals surface area (Å²) < 4.78 is 0. The molecule has 4 nitrogen and oxygen atoms in total.